The second-order valence-corrected chi connectivity index (χ2v) is 5.80. The molecule has 3 aromatic rings. The molecule has 122 valence electrons. The van der Waals surface area contributed by atoms with Crippen LogP contribution in [-0.2, 0) is 6.42 Å². The van der Waals surface area contributed by atoms with Gasteiger partial charge in [0.15, 0.2) is 0 Å². The first-order valence-electron chi connectivity index (χ1n) is 7.94. The van der Waals surface area contributed by atoms with Crippen molar-refractivity contribution in [2.45, 2.75) is 13.3 Å². The third-order valence-electron chi connectivity index (χ3n) is 3.93. The molecule has 0 saturated carbocycles. The summed E-state index contributed by atoms with van der Waals surface area (Å²) in [5, 5.41) is 17.1. The van der Waals surface area contributed by atoms with E-state index in [1.54, 1.807) is 12.1 Å². The number of carbonyl (C=O) groups is 1. The molecule has 0 aromatic heterocycles. The summed E-state index contributed by atoms with van der Waals surface area (Å²) in [6.07, 6.45) is 0.783. The largest absolute Gasteiger partial charge is 0.507 e. The molecule has 0 aliphatic carbocycles. The average Bonchev–Trinajstić information content (AvgIpc) is 2.56. The van der Waals surface area contributed by atoms with Crippen molar-refractivity contribution >= 4 is 22.5 Å². The van der Waals surface area contributed by atoms with Gasteiger partial charge in [0, 0.05) is 17.3 Å². The molecule has 3 rings (SSSR count). The lowest BCUT2D eigenvalue weighted by atomic mass is 10.1. The summed E-state index contributed by atoms with van der Waals surface area (Å²) in [6.45, 7) is 2.62. The fraction of sp³-hybridized carbons (Fsp3) is 0.150. The molecule has 0 aliphatic heterocycles. The number of phenolic OH excluding ortho intramolecular Hbond substituents is 1. The van der Waals surface area contributed by atoms with E-state index in [1.165, 1.54) is 11.1 Å². The van der Waals surface area contributed by atoms with Gasteiger partial charge in [-0.25, -0.2) is 4.79 Å². The van der Waals surface area contributed by atoms with Crippen molar-refractivity contribution in [3.05, 3.63) is 71.8 Å². The standard InChI is InChI=1S/C20H20N2O2/c1-14-5-2-6-15(13-14)11-12-21-20(24)22-18-9-3-8-17-16(18)7-4-10-19(17)23/h2-10,13,23H,11-12H2,1H3,(H2,21,22,24). The predicted octanol–water partition coefficient (Wildman–Crippen LogP) is 4.22. The molecule has 0 saturated heterocycles. The first kappa shape index (κ1) is 15.9. The van der Waals surface area contributed by atoms with Crippen LogP contribution >= 0.6 is 0 Å². The topological polar surface area (TPSA) is 61.4 Å². The summed E-state index contributed by atoms with van der Waals surface area (Å²) in [5.41, 5.74) is 3.09. The number of anilines is 1. The highest BCUT2D eigenvalue weighted by Gasteiger charge is 2.07. The number of aryl methyl sites for hydroxylation is 1. The SMILES string of the molecule is Cc1cccc(CCNC(=O)Nc2cccc3c(O)cccc23)c1. The van der Waals surface area contributed by atoms with E-state index in [1.807, 2.05) is 30.3 Å². The van der Waals surface area contributed by atoms with Crippen molar-refractivity contribution < 1.29 is 9.90 Å². The lowest BCUT2D eigenvalue weighted by molar-refractivity contribution is 0.252. The summed E-state index contributed by atoms with van der Waals surface area (Å²) < 4.78 is 0. The smallest absolute Gasteiger partial charge is 0.319 e. The molecule has 3 N–H and O–H groups in total. The molecule has 0 bridgehead atoms. The van der Waals surface area contributed by atoms with Crippen molar-refractivity contribution in [1.82, 2.24) is 5.32 Å². The number of amides is 2. The van der Waals surface area contributed by atoms with E-state index in [9.17, 15) is 9.90 Å². The molecule has 24 heavy (non-hydrogen) atoms. The lowest BCUT2D eigenvalue weighted by Crippen LogP contribution is -2.30. The Labute approximate surface area is 141 Å². The number of urea groups is 1. The Hall–Kier alpha value is -3.01. The monoisotopic (exact) mass is 320 g/mol. The van der Waals surface area contributed by atoms with Crippen LogP contribution in [-0.4, -0.2) is 17.7 Å². The van der Waals surface area contributed by atoms with Gasteiger partial charge in [-0.3, -0.25) is 0 Å². The molecule has 0 spiro atoms. The van der Waals surface area contributed by atoms with Crippen molar-refractivity contribution in [3.63, 3.8) is 0 Å². The molecule has 0 radical (unpaired) electrons. The van der Waals surface area contributed by atoms with Crippen LogP contribution in [0.25, 0.3) is 10.8 Å². The van der Waals surface area contributed by atoms with Crippen molar-refractivity contribution in [1.29, 1.82) is 0 Å². The number of hydrogen-bond donors (Lipinski definition) is 3. The molecule has 0 atom stereocenters. The fourth-order valence-corrected chi connectivity index (χ4v) is 2.76. The fourth-order valence-electron chi connectivity index (χ4n) is 2.76. The minimum absolute atomic E-state index is 0.205. The van der Waals surface area contributed by atoms with Crippen LogP contribution in [0.3, 0.4) is 0 Å². The molecule has 0 fully saturated rings. The van der Waals surface area contributed by atoms with Crippen LogP contribution < -0.4 is 10.6 Å². The van der Waals surface area contributed by atoms with Gasteiger partial charge < -0.3 is 15.7 Å². The second-order valence-electron chi connectivity index (χ2n) is 5.80. The Balaban J connectivity index is 1.62. The van der Waals surface area contributed by atoms with E-state index in [4.69, 9.17) is 0 Å². The van der Waals surface area contributed by atoms with Crippen molar-refractivity contribution in [2.75, 3.05) is 11.9 Å². The summed E-state index contributed by atoms with van der Waals surface area (Å²) in [5.74, 6) is 0.205. The predicted molar refractivity (Wildman–Crippen MR) is 97.5 cm³/mol. The Morgan fingerprint density at radius 1 is 1.00 bits per heavy atom. The van der Waals surface area contributed by atoms with Crippen LogP contribution in [0.5, 0.6) is 5.75 Å². The van der Waals surface area contributed by atoms with Crippen LogP contribution in [0.2, 0.25) is 0 Å². The molecule has 2 amide bonds. The summed E-state index contributed by atoms with van der Waals surface area (Å²) in [7, 11) is 0. The first-order valence-corrected chi connectivity index (χ1v) is 7.94. The van der Waals surface area contributed by atoms with E-state index in [2.05, 4.69) is 35.8 Å². The third kappa shape index (κ3) is 3.66. The van der Waals surface area contributed by atoms with Gasteiger partial charge in [0.2, 0.25) is 0 Å². The van der Waals surface area contributed by atoms with E-state index < -0.39 is 0 Å². The Morgan fingerprint density at radius 3 is 2.58 bits per heavy atom. The van der Waals surface area contributed by atoms with E-state index in [-0.39, 0.29) is 11.8 Å². The summed E-state index contributed by atoms with van der Waals surface area (Å²) >= 11 is 0. The zero-order valence-corrected chi connectivity index (χ0v) is 13.5. The molecule has 4 heteroatoms. The number of aromatic hydroxyl groups is 1. The number of hydrogen-bond acceptors (Lipinski definition) is 2. The highest BCUT2D eigenvalue weighted by Crippen LogP contribution is 2.29. The quantitative estimate of drug-likeness (QED) is 0.674. The third-order valence-corrected chi connectivity index (χ3v) is 3.93. The number of phenols is 1. The van der Waals surface area contributed by atoms with Gasteiger partial charge in [0.25, 0.3) is 0 Å². The van der Waals surface area contributed by atoms with E-state index in [0.29, 0.717) is 12.2 Å². The van der Waals surface area contributed by atoms with Gasteiger partial charge in [-0.1, -0.05) is 54.1 Å². The van der Waals surface area contributed by atoms with Crippen LogP contribution in [0, 0.1) is 6.92 Å². The average molecular weight is 320 g/mol. The van der Waals surface area contributed by atoms with Gasteiger partial charge in [0.05, 0.1) is 5.69 Å². The highest BCUT2D eigenvalue weighted by atomic mass is 16.3. The van der Waals surface area contributed by atoms with Crippen LogP contribution in [0.4, 0.5) is 10.5 Å². The minimum Gasteiger partial charge on any atom is -0.507 e. The van der Waals surface area contributed by atoms with Gasteiger partial charge in [-0.05, 0) is 31.0 Å². The van der Waals surface area contributed by atoms with E-state index in [0.717, 1.165) is 17.2 Å². The van der Waals surface area contributed by atoms with Crippen molar-refractivity contribution in [2.24, 2.45) is 0 Å². The first-order chi connectivity index (χ1) is 11.6. The molecule has 3 aromatic carbocycles. The van der Waals surface area contributed by atoms with Gasteiger partial charge in [-0.15, -0.1) is 0 Å². The van der Waals surface area contributed by atoms with Gasteiger partial charge in [-0.2, -0.15) is 0 Å². The van der Waals surface area contributed by atoms with Gasteiger partial charge in [0.1, 0.15) is 5.75 Å². The maximum absolute atomic E-state index is 12.1. The molecular weight excluding hydrogens is 300 g/mol. The zero-order valence-electron chi connectivity index (χ0n) is 13.5. The number of rotatable bonds is 4. The molecule has 4 nitrogen and oxygen atoms in total. The molecule has 0 heterocycles. The summed E-state index contributed by atoms with van der Waals surface area (Å²) in [6, 6.07) is 18.7. The molecule has 0 unspecified atom stereocenters. The highest BCUT2D eigenvalue weighted by molar-refractivity contribution is 6.03. The zero-order chi connectivity index (χ0) is 16.9. The summed E-state index contributed by atoms with van der Waals surface area (Å²) in [4.78, 5) is 12.1. The minimum atomic E-state index is -0.251. The number of fused-ring (bicyclic) bond motifs is 1. The normalized spacial score (nSPS) is 10.5. The van der Waals surface area contributed by atoms with Crippen molar-refractivity contribution in [3.8, 4) is 5.75 Å². The Morgan fingerprint density at radius 2 is 1.75 bits per heavy atom. The van der Waals surface area contributed by atoms with Crippen LogP contribution in [0.15, 0.2) is 60.7 Å². The van der Waals surface area contributed by atoms with E-state index >= 15 is 0 Å². The van der Waals surface area contributed by atoms with Crippen LogP contribution in [0.1, 0.15) is 11.1 Å². The number of nitrogens with one attached hydrogen (secondary N) is 2. The maximum Gasteiger partial charge on any atom is 0.319 e. The Bertz CT molecular complexity index is 874. The second kappa shape index (κ2) is 7.04. The Kier molecular flexibility index (Phi) is 4.66. The van der Waals surface area contributed by atoms with Gasteiger partial charge >= 0.3 is 6.03 Å². The maximum atomic E-state index is 12.1. The number of carbonyl (C=O) groups excluding carboxylic acids is 1. The molecule has 0 aliphatic rings. The number of benzene rings is 3. The molecular formula is C20H20N2O2. The lowest BCUT2D eigenvalue weighted by Gasteiger charge is -2.11.